The van der Waals surface area contributed by atoms with Crippen molar-refractivity contribution in [3.8, 4) is 0 Å². The van der Waals surface area contributed by atoms with E-state index in [-0.39, 0.29) is 26.1 Å². The number of nitrogens with zero attached hydrogens (tertiary/aromatic N) is 1. The van der Waals surface area contributed by atoms with Crippen molar-refractivity contribution in [1.29, 1.82) is 0 Å². The molecule has 0 aliphatic carbocycles. The molecule has 11 heteroatoms. The highest BCUT2D eigenvalue weighted by Crippen LogP contribution is 2.43. The van der Waals surface area contributed by atoms with E-state index in [1.54, 1.807) is 12.2 Å². The Morgan fingerprint density at radius 3 is 1.69 bits per heavy atom. The van der Waals surface area contributed by atoms with Gasteiger partial charge >= 0.3 is 19.8 Å². The van der Waals surface area contributed by atoms with Gasteiger partial charge in [-0.25, -0.2) is 4.57 Å². The Kier molecular flexibility index (Phi) is 38.4. The smallest absolute Gasteiger partial charge is 0.462 e. The van der Waals surface area contributed by atoms with Crippen LogP contribution in [0.2, 0.25) is 0 Å². The van der Waals surface area contributed by atoms with Gasteiger partial charge in [-0.05, 0) is 89.9 Å². The van der Waals surface area contributed by atoms with Crippen LogP contribution < -0.4 is 0 Å². The number of rotatable bonds is 39. The van der Waals surface area contributed by atoms with Gasteiger partial charge in [0.25, 0.3) is 0 Å². The zero-order valence-electron chi connectivity index (χ0n) is 38.5. The topological polar surface area (TPSA) is 129 Å². The van der Waals surface area contributed by atoms with Crippen LogP contribution in [0.3, 0.4) is 0 Å². The fourth-order valence-corrected chi connectivity index (χ4v) is 6.06. The largest absolute Gasteiger partial charge is 0.472 e. The molecule has 0 heterocycles. The van der Waals surface area contributed by atoms with E-state index in [1.165, 1.54) is 19.3 Å². The first kappa shape index (κ1) is 57.6. The van der Waals surface area contributed by atoms with E-state index >= 15 is 0 Å². The summed E-state index contributed by atoms with van der Waals surface area (Å²) in [7, 11) is 1.33. The second-order valence-corrected chi connectivity index (χ2v) is 17.3. The van der Waals surface area contributed by atoms with Gasteiger partial charge in [0.1, 0.15) is 19.8 Å². The molecule has 0 fully saturated rings. The number of quaternary nitrogens is 1. The molecule has 61 heavy (non-hydrogen) atoms. The van der Waals surface area contributed by atoms with E-state index in [2.05, 4.69) is 98.9 Å². The Bertz CT molecular complexity index is 1420. The van der Waals surface area contributed by atoms with Crippen LogP contribution in [-0.2, 0) is 32.7 Å². The molecule has 0 saturated carbocycles. The fourth-order valence-electron chi connectivity index (χ4n) is 5.32. The molecule has 2 N–H and O–H groups in total. The number of phosphoric acid groups is 1. The Labute approximate surface area is 370 Å². The maximum Gasteiger partial charge on any atom is 0.472 e. The van der Waals surface area contributed by atoms with Crippen molar-refractivity contribution in [2.24, 2.45) is 0 Å². The van der Waals surface area contributed by atoms with Crippen molar-refractivity contribution in [2.75, 3.05) is 47.5 Å². The Hall–Kier alpha value is -3.37. The predicted octanol–water partition coefficient (Wildman–Crippen LogP) is 12.1. The number of phosphoric ester groups is 1. The van der Waals surface area contributed by atoms with E-state index in [0.717, 1.165) is 70.6 Å². The van der Waals surface area contributed by atoms with E-state index in [1.807, 2.05) is 33.3 Å². The minimum atomic E-state index is -4.44. The average Bonchev–Trinajstić information content (AvgIpc) is 3.21. The molecular formula is C50H83NO9P+. The first-order valence-electron chi connectivity index (χ1n) is 22.7. The highest BCUT2D eigenvalue weighted by Gasteiger charge is 2.27. The van der Waals surface area contributed by atoms with Crippen molar-refractivity contribution in [3.05, 3.63) is 109 Å². The van der Waals surface area contributed by atoms with Gasteiger partial charge in [0, 0.05) is 12.8 Å². The monoisotopic (exact) mass is 873 g/mol. The molecule has 1 unspecified atom stereocenters. The lowest BCUT2D eigenvalue weighted by molar-refractivity contribution is -0.870. The van der Waals surface area contributed by atoms with Gasteiger partial charge < -0.3 is 24.0 Å². The molecule has 346 valence electrons. The predicted molar refractivity (Wildman–Crippen MR) is 253 cm³/mol. The molecule has 0 aromatic carbocycles. The number of hydrogen-bond donors (Lipinski definition) is 2. The Balaban J connectivity index is 4.62. The van der Waals surface area contributed by atoms with E-state index < -0.39 is 38.6 Å². The number of unbranched alkanes of at least 4 members (excludes halogenated alkanes) is 6. The van der Waals surface area contributed by atoms with Crippen LogP contribution in [0, 0.1) is 0 Å². The van der Waals surface area contributed by atoms with Crippen molar-refractivity contribution in [1.82, 2.24) is 0 Å². The summed E-state index contributed by atoms with van der Waals surface area (Å²) < 4.78 is 34.1. The summed E-state index contributed by atoms with van der Waals surface area (Å²) in [6, 6.07) is 0. The quantitative estimate of drug-likeness (QED) is 0.0155. The number of esters is 2. The van der Waals surface area contributed by atoms with Gasteiger partial charge in [-0.1, -0.05) is 142 Å². The van der Waals surface area contributed by atoms with Crippen LogP contribution in [0.15, 0.2) is 109 Å². The summed E-state index contributed by atoms with van der Waals surface area (Å²) >= 11 is 0. The minimum absolute atomic E-state index is 0.0115. The lowest BCUT2D eigenvalue weighted by Gasteiger charge is -2.24. The summed E-state index contributed by atoms with van der Waals surface area (Å²) in [6.07, 6.45) is 51.7. The summed E-state index contributed by atoms with van der Waals surface area (Å²) in [5.41, 5.74) is 0. The lowest BCUT2D eigenvalue weighted by Crippen LogP contribution is -2.37. The molecule has 0 radical (unpaired) electrons. The zero-order chi connectivity index (χ0) is 45.1. The normalized spacial score (nSPS) is 15.1. The number of carbonyl (C=O) groups is 2. The molecule has 0 rings (SSSR count). The first-order valence-corrected chi connectivity index (χ1v) is 24.2. The Morgan fingerprint density at radius 2 is 1.13 bits per heavy atom. The van der Waals surface area contributed by atoms with Crippen LogP contribution in [-0.4, -0.2) is 86.1 Å². The minimum Gasteiger partial charge on any atom is -0.462 e. The summed E-state index contributed by atoms with van der Waals surface area (Å²) in [6.45, 7) is 3.98. The fraction of sp³-hybridized carbons (Fsp3) is 0.600. The number of hydrogen-bond acceptors (Lipinski definition) is 8. The second-order valence-electron chi connectivity index (χ2n) is 15.9. The van der Waals surface area contributed by atoms with Gasteiger partial charge in [-0.3, -0.25) is 18.6 Å². The van der Waals surface area contributed by atoms with Crippen molar-refractivity contribution in [2.45, 2.75) is 148 Å². The summed E-state index contributed by atoms with van der Waals surface area (Å²) in [5.74, 6) is -1.05. The molecule has 3 atom stereocenters. The van der Waals surface area contributed by atoms with Crippen molar-refractivity contribution < 1.29 is 47.2 Å². The molecule has 0 bridgehead atoms. The Morgan fingerprint density at radius 1 is 0.607 bits per heavy atom. The number of likely N-dealkylation sites (N-methyl/N-ethyl adjacent to an activating group) is 1. The molecule has 0 saturated heterocycles. The molecule has 0 spiro atoms. The van der Waals surface area contributed by atoms with Gasteiger partial charge in [-0.2, -0.15) is 0 Å². The van der Waals surface area contributed by atoms with E-state index in [4.69, 9.17) is 18.5 Å². The SMILES string of the molecule is CC/C=C\C/C=C\C/C=C\C/C=C\C/C=C\CCCCCC(=O)O[C@H](COC(=O)CCC[C@H](O)/C=C/C=C\C/C=C\C/C=C\CCCCC)COP(=O)(O)OCC[N+](C)(C)C. The van der Waals surface area contributed by atoms with Gasteiger partial charge in [0.05, 0.1) is 33.9 Å². The highest BCUT2D eigenvalue weighted by molar-refractivity contribution is 7.47. The number of ether oxygens (including phenoxy) is 2. The van der Waals surface area contributed by atoms with E-state index in [0.29, 0.717) is 30.3 Å². The maximum atomic E-state index is 12.7. The van der Waals surface area contributed by atoms with Crippen LogP contribution in [0.25, 0.3) is 0 Å². The maximum absolute atomic E-state index is 12.7. The van der Waals surface area contributed by atoms with E-state index in [9.17, 15) is 24.2 Å². The summed E-state index contributed by atoms with van der Waals surface area (Å²) in [4.78, 5) is 35.4. The molecule has 0 amide bonds. The van der Waals surface area contributed by atoms with Gasteiger partial charge in [0.2, 0.25) is 0 Å². The number of aliphatic hydroxyl groups is 1. The van der Waals surface area contributed by atoms with Crippen LogP contribution in [0.5, 0.6) is 0 Å². The number of allylic oxidation sites excluding steroid dienone is 17. The number of aliphatic hydroxyl groups excluding tert-OH is 1. The molecule has 0 aromatic heterocycles. The third-order valence-electron chi connectivity index (χ3n) is 8.89. The molecule has 10 nitrogen and oxygen atoms in total. The zero-order valence-corrected chi connectivity index (χ0v) is 39.4. The van der Waals surface area contributed by atoms with Crippen LogP contribution >= 0.6 is 7.82 Å². The second kappa shape index (κ2) is 40.7. The average molecular weight is 873 g/mol. The molecular weight excluding hydrogens is 790 g/mol. The molecule has 0 aliphatic rings. The lowest BCUT2D eigenvalue weighted by atomic mass is 10.1. The third-order valence-corrected chi connectivity index (χ3v) is 9.88. The van der Waals surface area contributed by atoms with Crippen LogP contribution in [0.4, 0.5) is 0 Å². The first-order chi connectivity index (χ1) is 29.4. The van der Waals surface area contributed by atoms with Gasteiger partial charge in [-0.15, -0.1) is 0 Å². The van der Waals surface area contributed by atoms with Crippen molar-refractivity contribution >= 4 is 19.8 Å². The standard InChI is InChI=1S/C50H82NO9P/c1-6-8-10-12-14-16-18-20-21-22-23-24-25-27-29-31-33-35-37-41-50(54)60-48(46-59-61(55,56)58-44-43-51(3,4)5)45-57-49(53)42-38-40-47(52)39-36-34-32-30-28-26-19-17-15-13-11-9-7-2/h8,10,14-17,20-21,23-24,26-29,32,34,36,39,47-48,52H,6-7,9,11-13,18-19,22,25,30-31,33,35,37-38,40-46H2,1-5H3/p+1/b10-8-,16-14-,17-15-,21-20-,24-23-,28-26-,29-27-,34-32-,39-36+/t47-,48-/m1/s1. The highest BCUT2D eigenvalue weighted by atomic mass is 31.2. The van der Waals surface area contributed by atoms with Crippen LogP contribution in [0.1, 0.15) is 136 Å². The molecule has 0 aromatic rings. The molecule has 0 aliphatic heterocycles. The summed E-state index contributed by atoms with van der Waals surface area (Å²) in [5, 5.41) is 10.3. The number of carbonyl (C=O) groups excluding carboxylic acids is 2. The van der Waals surface area contributed by atoms with Crippen molar-refractivity contribution in [3.63, 3.8) is 0 Å². The third kappa shape index (κ3) is 44.5. The van der Waals surface area contributed by atoms with Gasteiger partial charge in [0.15, 0.2) is 6.10 Å².